The molecule has 3 rings (SSSR count). The molecule has 0 radical (unpaired) electrons. The summed E-state index contributed by atoms with van der Waals surface area (Å²) in [5.74, 6) is 1.39. The van der Waals surface area contributed by atoms with Crippen LogP contribution in [-0.4, -0.2) is 10.9 Å². The molecule has 1 atom stereocenters. The van der Waals surface area contributed by atoms with Gasteiger partial charge < -0.3 is 5.32 Å². The van der Waals surface area contributed by atoms with Crippen molar-refractivity contribution in [3.8, 4) is 0 Å². The predicted octanol–water partition coefficient (Wildman–Crippen LogP) is 4.94. The highest BCUT2D eigenvalue weighted by atomic mass is 35.5. The maximum absolute atomic E-state index is 6.13. The van der Waals surface area contributed by atoms with E-state index in [9.17, 15) is 0 Å². The van der Waals surface area contributed by atoms with Crippen LogP contribution in [0, 0.1) is 6.92 Å². The van der Waals surface area contributed by atoms with E-state index in [0.717, 1.165) is 22.3 Å². The topological polar surface area (TPSA) is 24.9 Å². The van der Waals surface area contributed by atoms with Gasteiger partial charge in [-0.3, -0.25) is 0 Å². The third-order valence-electron chi connectivity index (χ3n) is 3.58. The minimum atomic E-state index is 0.0558. The molecule has 0 saturated heterocycles. The summed E-state index contributed by atoms with van der Waals surface area (Å²) in [5.41, 5.74) is 3.29. The number of benzene rings is 2. The van der Waals surface area contributed by atoms with Crippen LogP contribution < -0.4 is 5.32 Å². The molecule has 0 saturated carbocycles. The number of pyridine rings is 1. The largest absolute Gasteiger partial charge is 0.362 e. The first-order valence-corrected chi connectivity index (χ1v) is 7.55. The van der Waals surface area contributed by atoms with Gasteiger partial charge in [0.2, 0.25) is 0 Å². The van der Waals surface area contributed by atoms with Crippen molar-refractivity contribution in [2.24, 2.45) is 0 Å². The molecule has 0 bridgehead atoms. The highest BCUT2D eigenvalue weighted by Gasteiger charge is 2.12. The summed E-state index contributed by atoms with van der Waals surface area (Å²) in [6.07, 6.45) is 0. The zero-order chi connectivity index (χ0) is 14.7. The molecule has 21 heavy (non-hydrogen) atoms. The Hall–Kier alpha value is -2.06. The number of fused-ring (bicyclic) bond motifs is 1. The fraction of sp³-hybridized carbons (Fsp3) is 0.167. The van der Waals surface area contributed by atoms with Crippen LogP contribution in [0.15, 0.2) is 60.7 Å². The summed E-state index contributed by atoms with van der Waals surface area (Å²) in [5, 5.41) is 4.62. The van der Waals surface area contributed by atoms with E-state index in [1.165, 1.54) is 5.56 Å². The van der Waals surface area contributed by atoms with Gasteiger partial charge in [0, 0.05) is 11.3 Å². The van der Waals surface area contributed by atoms with Crippen molar-refractivity contribution >= 4 is 28.3 Å². The van der Waals surface area contributed by atoms with E-state index in [-0.39, 0.29) is 6.04 Å². The lowest BCUT2D eigenvalue weighted by atomic mass is 10.1. The standard InChI is InChI=1S/C18H17ClN2/c1-13-11-15-9-5-6-10-16(15)20-18(13)21-17(12-19)14-7-3-2-4-8-14/h2-11,17H,12H2,1H3,(H,20,21). The quantitative estimate of drug-likeness (QED) is 0.690. The number of rotatable bonds is 4. The van der Waals surface area contributed by atoms with Crippen molar-refractivity contribution in [2.45, 2.75) is 13.0 Å². The lowest BCUT2D eigenvalue weighted by Crippen LogP contribution is -2.14. The molecule has 0 aliphatic rings. The molecule has 2 aromatic carbocycles. The number of aryl methyl sites for hydroxylation is 1. The van der Waals surface area contributed by atoms with Crippen molar-refractivity contribution < 1.29 is 0 Å². The normalized spacial score (nSPS) is 12.3. The molecule has 0 aliphatic carbocycles. The van der Waals surface area contributed by atoms with Gasteiger partial charge >= 0.3 is 0 Å². The molecule has 3 heteroatoms. The van der Waals surface area contributed by atoms with E-state index >= 15 is 0 Å². The Bertz CT molecular complexity index is 741. The smallest absolute Gasteiger partial charge is 0.130 e. The van der Waals surface area contributed by atoms with E-state index in [1.807, 2.05) is 36.4 Å². The number of anilines is 1. The van der Waals surface area contributed by atoms with Crippen molar-refractivity contribution in [1.82, 2.24) is 4.98 Å². The summed E-state index contributed by atoms with van der Waals surface area (Å²) >= 11 is 6.13. The number of halogens is 1. The number of alkyl halides is 1. The van der Waals surface area contributed by atoms with Gasteiger partial charge in [0.1, 0.15) is 5.82 Å². The van der Waals surface area contributed by atoms with Crippen LogP contribution in [0.4, 0.5) is 5.82 Å². The highest BCUT2D eigenvalue weighted by Crippen LogP contribution is 2.24. The number of nitrogens with zero attached hydrogens (tertiary/aromatic N) is 1. The number of hydrogen-bond acceptors (Lipinski definition) is 2. The van der Waals surface area contributed by atoms with Crippen LogP contribution in [0.1, 0.15) is 17.2 Å². The Morgan fingerprint density at radius 2 is 1.76 bits per heavy atom. The first kappa shape index (κ1) is 13.9. The highest BCUT2D eigenvalue weighted by molar-refractivity contribution is 6.18. The second kappa shape index (κ2) is 6.15. The fourth-order valence-corrected chi connectivity index (χ4v) is 2.68. The number of para-hydroxylation sites is 1. The molecular weight excluding hydrogens is 280 g/mol. The molecule has 1 unspecified atom stereocenters. The van der Waals surface area contributed by atoms with Crippen LogP contribution in [0.25, 0.3) is 10.9 Å². The zero-order valence-electron chi connectivity index (χ0n) is 11.9. The van der Waals surface area contributed by atoms with Gasteiger partial charge in [-0.2, -0.15) is 0 Å². The third-order valence-corrected chi connectivity index (χ3v) is 3.89. The molecule has 2 nitrogen and oxygen atoms in total. The van der Waals surface area contributed by atoms with Gasteiger partial charge in [-0.15, -0.1) is 11.6 Å². The Morgan fingerprint density at radius 1 is 1.05 bits per heavy atom. The second-order valence-electron chi connectivity index (χ2n) is 5.11. The van der Waals surface area contributed by atoms with E-state index < -0.39 is 0 Å². The minimum Gasteiger partial charge on any atom is -0.362 e. The molecule has 106 valence electrons. The molecule has 3 aromatic rings. The van der Waals surface area contributed by atoms with Gasteiger partial charge in [0.25, 0.3) is 0 Å². The Labute approximate surface area is 129 Å². The van der Waals surface area contributed by atoms with E-state index in [2.05, 4.69) is 36.5 Å². The Kier molecular flexibility index (Phi) is 4.07. The first-order chi connectivity index (χ1) is 10.3. The van der Waals surface area contributed by atoms with Crippen LogP contribution in [0.2, 0.25) is 0 Å². The molecule has 0 amide bonds. The van der Waals surface area contributed by atoms with Crippen LogP contribution in [-0.2, 0) is 0 Å². The molecule has 1 aromatic heterocycles. The number of nitrogens with one attached hydrogen (secondary N) is 1. The van der Waals surface area contributed by atoms with Gasteiger partial charge in [-0.1, -0.05) is 48.5 Å². The van der Waals surface area contributed by atoms with Gasteiger partial charge in [-0.25, -0.2) is 4.98 Å². The Morgan fingerprint density at radius 3 is 2.52 bits per heavy atom. The average molecular weight is 297 g/mol. The summed E-state index contributed by atoms with van der Waals surface area (Å²) in [6, 6.07) is 20.6. The maximum Gasteiger partial charge on any atom is 0.130 e. The molecule has 1 heterocycles. The first-order valence-electron chi connectivity index (χ1n) is 7.02. The van der Waals surface area contributed by atoms with Crippen molar-refractivity contribution in [2.75, 3.05) is 11.2 Å². The number of hydrogen-bond donors (Lipinski definition) is 1. The van der Waals surface area contributed by atoms with Gasteiger partial charge in [-0.05, 0) is 30.2 Å². The van der Waals surface area contributed by atoms with Gasteiger partial charge in [0.05, 0.1) is 11.6 Å². The zero-order valence-corrected chi connectivity index (χ0v) is 12.6. The lowest BCUT2D eigenvalue weighted by molar-refractivity contribution is 0.882. The fourth-order valence-electron chi connectivity index (χ4n) is 2.43. The van der Waals surface area contributed by atoms with Crippen LogP contribution in [0.3, 0.4) is 0 Å². The molecular formula is C18H17ClN2. The lowest BCUT2D eigenvalue weighted by Gasteiger charge is -2.19. The van der Waals surface area contributed by atoms with E-state index in [0.29, 0.717) is 5.88 Å². The third kappa shape index (κ3) is 3.01. The molecule has 0 aliphatic heterocycles. The molecule has 0 spiro atoms. The van der Waals surface area contributed by atoms with Crippen molar-refractivity contribution in [1.29, 1.82) is 0 Å². The molecule has 0 fully saturated rings. The van der Waals surface area contributed by atoms with Crippen molar-refractivity contribution in [3.05, 3.63) is 71.8 Å². The Balaban J connectivity index is 1.95. The van der Waals surface area contributed by atoms with E-state index in [1.54, 1.807) is 0 Å². The number of aromatic nitrogens is 1. The van der Waals surface area contributed by atoms with Gasteiger partial charge in [0.15, 0.2) is 0 Å². The summed E-state index contributed by atoms with van der Waals surface area (Å²) in [7, 11) is 0. The summed E-state index contributed by atoms with van der Waals surface area (Å²) in [6.45, 7) is 2.07. The van der Waals surface area contributed by atoms with Crippen molar-refractivity contribution in [3.63, 3.8) is 0 Å². The summed E-state index contributed by atoms with van der Waals surface area (Å²) in [4.78, 5) is 4.72. The minimum absolute atomic E-state index is 0.0558. The van der Waals surface area contributed by atoms with Crippen LogP contribution >= 0.6 is 11.6 Å². The predicted molar refractivity (Wildman–Crippen MR) is 90.0 cm³/mol. The molecule has 1 N–H and O–H groups in total. The maximum atomic E-state index is 6.13. The second-order valence-corrected chi connectivity index (χ2v) is 5.42. The van der Waals surface area contributed by atoms with Crippen LogP contribution in [0.5, 0.6) is 0 Å². The average Bonchev–Trinajstić information content (AvgIpc) is 2.53. The monoisotopic (exact) mass is 296 g/mol. The van der Waals surface area contributed by atoms with E-state index in [4.69, 9.17) is 16.6 Å². The SMILES string of the molecule is Cc1cc2ccccc2nc1NC(CCl)c1ccccc1. The summed E-state index contributed by atoms with van der Waals surface area (Å²) < 4.78 is 0.